The van der Waals surface area contributed by atoms with Gasteiger partial charge in [-0.2, -0.15) is 0 Å². The predicted octanol–water partition coefficient (Wildman–Crippen LogP) is 3.97. The minimum atomic E-state index is 0.232. The van der Waals surface area contributed by atoms with Crippen molar-refractivity contribution in [2.24, 2.45) is 11.3 Å². The van der Waals surface area contributed by atoms with Crippen LogP contribution in [0.25, 0.3) is 0 Å². The summed E-state index contributed by atoms with van der Waals surface area (Å²) in [6, 6.07) is 0.851. The van der Waals surface area contributed by atoms with E-state index in [-0.39, 0.29) is 5.41 Å². The summed E-state index contributed by atoms with van der Waals surface area (Å²) in [5, 5.41) is 10.1. The van der Waals surface area contributed by atoms with Gasteiger partial charge in [-0.15, -0.1) is 0 Å². The number of piperidine rings is 1. The van der Waals surface area contributed by atoms with Crippen molar-refractivity contribution in [1.29, 1.82) is 0 Å². The lowest BCUT2D eigenvalue weighted by Crippen LogP contribution is -2.51. The number of hydrogen-bond acceptors (Lipinski definition) is 2. The maximum Gasteiger partial charge on any atom is 0.0499 e. The summed E-state index contributed by atoms with van der Waals surface area (Å²) >= 11 is 0. The van der Waals surface area contributed by atoms with Crippen molar-refractivity contribution in [3.8, 4) is 0 Å². The number of likely N-dealkylation sites (tertiary alicyclic amines) is 1. The molecule has 0 unspecified atom stereocenters. The van der Waals surface area contributed by atoms with E-state index < -0.39 is 0 Å². The van der Waals surface area contributed by atoms with Crippen LogP contribution in [0.4, 0.5) is 0 Å². The standard InChI is InChI=1S/C18H33NO/c20-15-18(11-5-1-2-6-12-18)14-19-13-7-9-16-8-3-4-10-17(16)19/h16-17,20H,1-15H2/t16-,17-/m1/s1. The Balaban J connectivity index is 1.67. The molecule has 0 amide bonds. The van der Waals surface area contributed by atoms with E-state index >= 15 is 0 Å². The van der Waals surface area contributed by atoms with E-state index in [1.54, 1.807) is 0 Å². The molecule has 0 radical (unpaired) electrons. The molecule has 1 heterocycles. The largest absolute Gasteiger partial charge is 0.396 e. The Morgan fingerprint density at radius 1 is 0.850 bits per heavy atom. The first-order chi connectivity index (χ1) is 9.83. The molecule has 3 aliphatic rings. The normalized spacial score (nSPS) is 35.2. The van der Waals surface area contributed by atoms with Gasteiger partial charge in [0.2, 0.25) is 0 Å². The Kier molecular flexibility index (Phi) is 5.04. The first-order valence-corrected chi connectivity index (χ1v) is 9.18. The average Bonchev–Trinajstić information content (AvgIpc) is 2.74. The third-order valence-electron chi connectivity index (χ3n) is 6.40. The maximum atomic E-state index is 10.1. The van der Waals surface area contributed by atoms with Crippen LogP contribution >= 0.6 is 0 Å². The summed E-state index contributed by atoms with van der Waals surface area (Å²) in [4.78, 5) is 2.80. The molecule has 0 aromatic heterocycles. The van der Waals surface area contributed by atoms with Gasteiger partial charge < -0.3 is 5.11 Å². The molecule has 3 fully saturated rings. The quantitative estimate of drug-likeness (QED) is 0.790. The zero-order valence-corrected chi connectivity index (χ0v) is 13.2. The Hall–Kier alpha value is -0.0800. The summed E-state index contributed by atoms with van der Waals surface area (Å²) in [5.41, 5.74) is 0.232. The highest BCUT2D eigenvalue weighted by atomic mass is 16.3. The van der Waals surface area contributed by atoms with E-state index in [9.17, 15) is 5.11 Å². The topological polar surface area (TPSA) is 23.5 Å². The van der Waals surface area contributed by atoms with Gasteiger partial charge in [0.1, 0.15) is 0 Å². The minimum Gasteiger partial charge on any atom is -0.396 e. The van der Waals surface area contributed by atoms with Crippen molar-refractivity contribution >= 4 is 0 Å². The van der Waals surface area contributed by atoms with Crippen LogP contribution in [-0.4, -0.2) is 35.7 Å². The molecule has 2 saturated carbocycles. The molecule has 116 valence electrons. The van der Waals surface area contributed by atoms with Crippen molar-refractivity contribution in [3.63, 3.8) is 0 Å². The molecule has 2 atom stereocenters. The van der Waals surface area contributed by atoms with E-state index in [1.807, 2.05) is 0 Å². The second-order valence-corrected chi connectivity index (χ2v) is 7.80. The Labute approximate surface area is 124 Å². The number of aliphatic hydroxyl groups is 1. The second kappa shape index (κ2) is 6.79. The van der Waals surface area contributed by atoms with Gasteiger partial charge in [0.25, 0.3) is 0 Å². The summed E-state index contributed by atoms with van der Waals surface area (Å²) < 4.78 is 0. The predicted molar refractivity (Wildman–Crippen MR) is 83.8 cm³/mol. The van der Waals surface area contributed by atoms with Gasteiger partial charge in [-0.1, -0.05) is 38.5 Å². The molecule has 2 aliphatic carbocycles. The SMILES string of the molecule is OCC1(CN2CCC[C@H]3CCCC[C@H]32)CCCCCC1. The lowest BCUT2D eigenvalue weighted by atomic mass is 9.75. The van der Waals surface area contributed by atoms with Gasteiger partial charge >= 0.3 is 0 Å². The van der Waals surface area contributed by atoms with E-state index in [4.69, 9.17) is 0 Å². The lowest BCUT2D eigenvalue weighted by molar-refractivity contribution is -0.00430. The zero-order chi connectivity index (χ0) is 13.8. The number of fused-ring (bicyclic) bond motifs is 1. The number of nitrogens with zero attached hydrogens (tertiary/aromatic N) is 1. The first kappa shape index (κ1) is 14.8. The van der Waals surface area contributed by atoms with Gasteiger partial charge in [0.05, 0.1) is 0 Å². The molecular formula is C18H33NO. The molecule has 0 spiro atoms. The van der Waals surface area contributed by atoms with Crippen molar-refractivity contribution < 1.29 is 5.11 Å². The van der Waals surface area contributed by atoms with Crippen LogP contribution in [0.15, 0.2) is 0 Å². The van der Waals surface area contributed by atoms with Crippen LogP contribution in [0.2, 0.25) is 0 Å². The minimum absolute atomic E-state index is 0.232. The highest BCUT2D eigenvalue weighted by Gasteiger charge is 2.38. The van der Waals surface area contributed by atoms with Gasteiger partial charge in [-0.05, 0) is 51.0 Å². The lowest BCUT2D eigenvalue weighted by Gasteiger charge is -2.48. The van der Waals surface area contributed by atoms with Gasteiger partial charge in [0, 0.05) is 24.6 Å². The van der Waals surface area contributed by atoms with Crippen molar-refractivity contribution in [3.05, 3.63) is 0 Å². The van der Waals surface area contributed by atoms with Crippen LogP contribution < -0.4 is 0 Å². The van der Waals surface area contributed by atoms with E-state index in [0.717, 1.165) is 12.0 Å². The Morgan fingerprint density at radius 2 is 1.55 bits per heavy atom. The molecule has 0 bridgehead atoms. The molecule has 1 saturated heterocycles. The average molecular weight is 279 g/mol. The molecule has 0 aromatic rings. The van der Waals surface area contributed by atoms with Crippen LogP contribution in [0.3, 0.4) is 0 Å². The molecule has 2 heteroatoms. The Bertz CT molecular complexity index is 294. The highest BCUT2D eigenvalue weighted by molar-refractivity contribution is 4.92. The number of aliphatic hydroxyl groups excluding tert-OH is 1. The van der Waals surface area contributed by atoms with Gasteiger partial charge in [0.15, 0.2) is 0 Å². The number of rotatable bonds is 3. The van der Waals surface area contributed by atoms with Crippen LogP contribution in [0, 0.1) is 11.3 Å². The third-order valence-corrected chi connectivity index (χ3v) is 6.40. The molecular weight excluding hydrogens is 246 g/mol. The molecule has 2 nitrogen and oxygen atoms in total. The van der Waals surface area contributed by atoms with E-state index in [0.29, 0.717) is 6.61 Å². The molecule has 20 heavy (non-hydrogen) atoms. The fourth-order valence-corrected chi connectivity index (χ4v) is 5.20. The molecule has 0 aromatic carbocycles. The monoisotopic (exact) mass is 279 g/mol. The second-order valence-electron chi connectivity index (χ2n) is 7.80. The van der Waals surface area contributed by atoms with Crippen molar-refractivity contribution in [2.75, 3.05) is 19.7 Å². The zero-order valence-electron chi connectivity index (χ0n) is 13.2. The number of hydrogen-bond donors (Lipinski definition) is 1. The van der Waals surface area contributed by atoms with Gasteiger partial charge in [-0.3, -0.25) is 4.90 Å². The third kappa shape index (κ3) is 3.22. The smallest absolute Gasteiger partial charge is 0.0499 e. The summed E-state index contributed by atoms with van der Waals surface area (Å²) in [5.74, 6) is 0.971. The van der Waals surface area contributed by atoms with Crippen LogP contribution in [0.1, 0.15) is 77.0 Å². The first-order valence-electron chi connectivity index (χ1n) is 9.18. The Morgan fingerprint density at radius 3 is 2.30 bits per heavy atom. The summed E-state index contributed by atoms with van der Waals surface area (Å²) in [6.07, 6.45) is 16.6. The van der Waals surface area contributed by atoms with Gasteiger partial charge in [-0.25, -0.2) is 0 Å². The molecule has 1 aliphatic heterocycles. The fraction of sp³-hybridized carbons (Fsp3) is 1.00. The highest BCUT2D eigenvalue weighted by Crippen LogP contribution is 2.40. The summed E-state index contributed by atoms with van der Waals surface area (Å²) in [7, 11) is 0. The van der Waals surface area contributed by atoms with E-state index in [2.05, 4.69) is 4.90 Å². The molecule has 3 rings (SSSR count). The summed E-state index contributed by atoms with van der Waals surface area (Å²) in [6.45, 7) is 2.90. The van der Waals surface area contributed by atoms with Crippen LogP contribution in [-0.2, 0) is 0 Å². The van der Waals surface area contributed by atoms with E-state index in [1.165, 1.54) is 90.1 Å². The molecule has 1 N–H and O–H groups in total. The van der Waals surface area contributed by atoms with Crippen LogP contribution in [0.5, 0.6) is 0 Å². The van der Waals surface area contributed by atoms with Crippen molar-refractivity contribution in [1.82, 2.24) is 4.90 Å². The maximum absolute atomic E-state index is 10.1. The van der Waals surface area contributed by atoms with Crippen molar-refractivity contribution in [2.45, 2.75) is 83.1 Å². The fourth-order valence-electron chi connectivity index (χ4n) is 5.20.